The smallest absolute Gasteiger partial charge is 0.319 e. The maximum Gasteiger partial charge on any atom is 0.319 e. The van der Waals surface area contributed by atoms with E-state index in [0.717, 1.165) is 0 Å². The molecule has 0 saturated carbocycles. The van der Waals surface area contributed by atoms with Gasteiger partial charge < -0.3 is 15.4 Å². The second kappa shape index (κ2) is 6.58. The molecule has 0 aromatic heterocycles. The van der Waals surface area contributed by atoms with Crippen molar-refractivity contribution in [2.75, 3.05) is 25.6 Å². The maximum atomic E-state index is 11.3. The van der Waals surface area contributed by atoms with Gasteiger partial charge in [-0.15, -0.1) is 0 Å². The second-order valence-electron chi connectivity index (χ2n) is 3.00. The molecule has 1 rings (SSSR count). The molecule has 0 fully saturated rings. The highest BCUT2D eigenvalue weighted by Gasteiger charge is 2.03. The Hall–Kier alpha value is -0.970. The van der Waals surface area contributed by atoms with E-state index >= 15 is 0 Å². The largest absolute Gasteiger partial charge is 0.383 e. The van der Waals surface area contributed by atoms with Gasteiger partial charge >= 0.3 is 6.03 Å². The van der Waals surface area contributed by atoms with Crippen molar-refractivity contribution in [3.8, 4) is 0 Å². The van der Waals surface area contributed by atoms with E-state index in [9.17, 15) is 4.79 Å². The number of carbonyl (C=O) groups excluding carboxylic acids is 1. The molecule has 0 heterocycles. The van der Waals surface area contributed by atoms with Gasteiger partial charge in [-0.25, -0.2) is 4.79 Å². The van der Waals surface area contributed by atoms with Crippen LogP contribution in [0.4, 0.5) is 10.5 Å². The molecule has 0 radical (unpaired) electrons. The molecular formula is C10H12Cl2N2O2. The normalized spacial score (nSPS) is 9.94. The van der Waals surface area contributed by atoms with Crippen LogP contribution in [-0.2, 0) is 4.74 Å². The molecule has 88 valence electrons. The fourth-order valence-electron chi connectivity index (χ4n) is 1.02. The number of hydrogen-bond donors (Lipinski definition) is 2. The van der Waals surface area contributed by atoms with Crippen molar-refractivity contribution < 1.29 is 9.53 Å². The summed E-state index contributed by atoms with van der Waals surface area (Å²) in [5, 5.41) is 6.09. The maximum absolute atomic E-state index is 11.3. The number of rotatable bonds is 4. The minimum absolute atomic E-state index is 0.310. The quantitative estimate of drug-likeness (QED) is 0.820. The molecule has 2 amide bonds. The van der Waals surface area contributed by atoms with Gasteiger partial charge in [0.05, 0.1) is 16.7 Å². The lowest BCUT2D eigenvalue weighted by Crippen LogP contribution is -2.31. The number of halogens is 2. The number of carbonyl (C=O) groups is 1. The van der Waals surface area contributed by atoms with E-state index in [0.29, 0.717) is 28.9 Å². The summed E-state index contributed by atoms with van der Waals surface area (Å²) < 4.78 is 4.80. The molecular weight excluding hydrogens is 251 g/mol. The molecule has 4 nitrogen and oxygen atoms in total. The molecule has 0 atom stereocenters. The van der Waals surface area contributed by atoms with Gasteiger partial charge in [-0.3, -0.25) is 0 Å². The van der Waals surface area contributed by atoms with Gasteiger partial charge in [-0.2, -0.15) is 0 Å². The van der Waals surface area contributed by atoms with Gasteiger partial charge in [-0.05, 0) is 18.2 Å². The number of ether oxygens (including phenoxy) is 1. The third kappa shape index (κ3) is 4.26. The third-order valence-electron chi connectivity index (χ3n) is 1.77. The minimum Gasteiger partial charge on any atom is -0.383 e. The standard InChI is InChI=1S/C10H12Cl2N2O2/c1-16-5-4-13-10(15)14-7-2-3-8(11)9(12)6-7/h2-3,6H,4-5H2,1H3,(H2,13,14,15). The van der Waals surface area contributed by atoms with Crippen LogP contribution in [0.25, 0.3) is 0 Å². The Morgan fingerprint density at radius 3 is 2.75 bits per heavy atom. The Balaban J connectivity index is 2.46. The Labute approximate surface area is 104 Å². The summed E-state index contributed by atoms with van der Waals surface area (Å²) >= 11 is 11.5. The first-order chi connectivity index (χ1) is 7.63. The van der Waals surface area contributed by atoms with Crippen molar-refractivity contribution in [3.05, 3.63) is 28.2 Å². The average molecular weight is 263 g/mol. The summed E-state index contributed by atoms with van der Waals surface area (Å²) in [6.07, 6.45) is 0. The number of nitrogens with one attached hydrogen (secondary N) is 2. The molecule has 1 aromatic rings. The highest BCUT2D eigenvalue weighted by Crippen LogP contribution is 2.24. The number of hydrogen-bond acceptors (Lipinski definition) is 2. The molecule has 16 heavy (non-hydrogen) atoms. The van der Waals surface area contributed by atoms with Crippen LogP contribution in [-0.4, -0.2) is 26.3 Å². The summed E-state index contributed by atoms with van der Waals surface area (Å²) in [6, 6.07) is 4.56. The number of anilines is 1. The first kappa shape index (κ1) is 13.1. The van der Waals surface area contributed by atoms with Gasteiger partial charge in [0.15, 0.2) is 0 Å². The third-order valence-corrected chi connectivity index (χ3v) is 2.51. The molecule has 6 heteroatoms. The predicted octanol–water partition coefficient (Wildman–Crippen LogP) is 2.76. The van der Waals surface area contributed by atoms with Gasteiger partial charge in [-0.1, -0.05) is 23.2 Å². The first-order valence-electron chi connectivity index (χ1n) is 4.62. The summed E-state index contributed by atoms with van der Waals surface area (Å²) in [6.45, 7) is 0.915. The number of amides is 2. The number of methoxy groups -OCH3 is 1. The fourth-order valence-corrected chi connectivity index (χ4v) is 1.31. The molecule has 2 N–H and O–H groups in total. The van der Waals surface area contributed by atoms with Crippen LogP contribution in [0, 0.1) is 0 Å². The van der Waals surface area contributed by atoms with Gasteiger partial charge in [0.25, 0.3) is 0 Å². The molecule has 0 spiro atoms. The highest BCUT2D eigenvalue weighted by molar-refractivity contribution is 6.42. The molecule has 0 bridgehead atoms. The van der Waals surface area contributed by atoms with Crippen molar-refractivity contribution in [2.45, 2.75) is 0 Å². The van der Waals surface area contributed by atoms with Crippen molar-refractivity contribution in [1.82, 2.24) is 5.32 Å². The summed E-state index contributed by atoms with van der Waals surface area (Å²) in [5.74, 6) is 0. The zero-order valence-corrected chi connectivity index (χ0v) is 10.2. The topological polar surface area (TPSA) is 50.4 Å². The van der Waals surface area contributed by atoms with Gasteiger partial charge in [0, 0.05) is 19.3 Å². The Bertz CT molecular complexity index is 372. The lowest BCUT2D eigenvalue weighted by atomic mass is 10.3. The summed E-state index contributed by atoms with van der Waals surface area (Å²) in [4.78, 5) is 11.3. The van der Waals surface area contributed by atoms with Crippen molar-refractivity contribution in [1.29, 1.82) is 0 Å². The van der Waals surface area contributed by atoms with E-state index in [2.05, 4.69) is 10.6 Å². The molecule has 1 aromatic carbocycles. The predicted molar refractivity (Wildman–Crippen MR) is 65.4 cm³/mol. The molecule has 0 unspecified atom stereocenters. The first-order valence-corrected chi connectivity index (χ1v) is 5.38. The van der Waals surface area contributed by atoms with Crippen LogP contribution < -0.4 is 10.6 Å². The van der Waals surface area contributed by atoms with E-state index in [1.165, 1.54) is 0 Å². The zero-order chi connectivity index (χ0) is 12.0. The SMILES string of the molecule is COCCNC(=O)Nc1ccc(Cl)c(Cl)c1. The van der Waals surface area contributed by atoms with E-state index < -0.39 is 0 Å². The van der Waals surface area contributed by atoms with Crippen LogP contribution in [0.1, 0.15) is 0 Å². The van der Waals surface area contributed by atoms with E-state index in [1.807, 2.05) is 0 Å². The Kier molecular flexibility index (Phi) is 5.38. The molecule has 0 aliphatic rings. The Morgan fingerprint density at radius 2 is 2.12 bits per heavy atom. The van der Waals surface area contributed by atoms with E-state index in [-0.39, 0.29) is 6.03 Å². The van der Waals surface area contributed by atoms with Crippen LogP contribution in [0.5, 0.6) is 0 Å². The average Bonchev–Trinajstić information content (AvgIpc) is 2.24. The van der Waals surface area contributed by atoms with Crippen molar-refractivity contribution in [2.24, 2.45) is 0 Å². The van der Waals surface area contributed by atoms with Crippen LogP contribution in [0.2, 0.25) is 10.0 Å². The van der Waals surface area contributed by atoms with Gasteiger partial charge in [0.2, 0.25) is 0 Å². The minimum atomic E-state index is -0.310. The summed E-state index contributed by atoms with van der Waals surface area (Å²) in [7, 11) is 1.57. The van der Waals surface area contributed by atoms with E-state index in [1.54, 1.807) is 25.3 Å². The lowest BCUT2D eigenvalue weighted by molar-refractivity contribution is 0.198. The molecule has 0 aliphatic carbocycles. The van der Waals surface area contributed by atoms with Crippen LogP contribution in [0.3, 0.4) is 0 Å². The summed E-state index contributed by atoms with van der Waals surface area (Å²) in [5.41, 5.74) is 0.587. The fraction of sp³-hybridized carbons (Fsp3) is 0.300. The second-order valence-corrected chi connectivity index (χ2v) is 3.82. The van der Waals surface area contributed by atoms with Crippen molar-refractivity contribution >= 4 is 34.9 Å². The number of benzene rings is 1. The highest BCUT2D eigenvalue weighted by atomic mass is 35.5. The zero-order valence-electron chi connectivity index (χ0n) is 8.72. The van der Waals surface area contributed by atoms with E-state index in [4.69, 9.17) is 27.9 Å². The van der Waals surface area contributed by atoms with Crippen LogP contribution >= 0.6 is 23.2 Å². The van der Waals surface area contributed by atoms with Crippen molar-refractivity contribution in [3.63, 3.8) is 0 Å². The van der Waals surface area contributed by atoms with Crippen LogP contribution in [0.15, 0.2) is 18.2 Å². The molecule has 0 aliphatic heterocycles. The monoisotopic (exact) mass is 262 g/mol. The Morgan fingerprint density at radius 1 is 1.38 bits per heavy atom. The molecule has 0 saturated heterocycles. The van der Waals surface area contributed by atoms with Gasteiger partial charge in [0.1, 0.15) is 0 Å². The lowest BCUT2D eigenvalue weighted by Gasteiger charge is -2.07. The number of urea groups is 1.